The molecule has 5 heteroatoms. The molecule has 0 bridgehead atoms. The molecule has 17 heavy (non-hydrogen) atoms. The predicted molar refractivity (Wildman–Crippen MR) is 61.8 cm³/mol. The van der Waals surface area contributed by atoms with Crippen molar-refractivity contribution in [2.45, 2.75) is 6.42 Å². The Morgan fingerprint density at radius 2 is 2.41 bits per heavy atom. The molecule has 0 aliphatic carbocycles. The Hall–Kier alpha value is -2.22. The van der Waals surface area contributed by atoms with Crippen molar-refractivity contribution >= 4 is 6.09 Å². The van der Waals surface area contributed by atoms with Gasteiger partial charge in [-0.1, -0.05) is 12.2 Å². The van der Waals surface area contributed by atoms with E-state index in [1.807, 2.05) is 12.2 Å². The number of nitrogens with zero attached hydrogens (tertiary/aromatic N) is 2. The minimum absolute atomic E-state index is 0.259. The van der Waals surface area contributed by atoms with Crippen LogP contribution in [0.4, 0.5) is 4.79 Å². The van der Waals surface area contributed by atoms with Gasteiger partial charge >= 0.3 is 6.09 Å². The number of hydrogen-bond acceptors (Lipinski definition) is 3. The normalized spacial score (nSPS) is 23.2. The molecular formula is C12H13N3O2. The Labute approximate surface area is 99.3 Å². The van der Waals surface area contributed by atoms with Crippen LogP contribution in [-0.4, -0.2) is 29.2 Å². The Morgan fingerprint density at radius 1 is 1.59 bits per heavy atom. The SMILES string of the molecule is N#CC1=CC=C(C2C=CN(C(=O)O)CC2)CN1. The lowest BCUT2D eigenvalue weighted by Crippen LogP contribution is -2.31. The number of hydrogen-bond donors (Lipinski definition) is 2. The standard InChI is InChI=1S/C12H13N3O2/c13-7-11-2-1-10(8-14-11)9-3-5-15(6-4-9)12(16)17/h1-3,5,9,14H,4,6,8H2,(H,16,17). The highest BCUT2D eigenvalue weighted by Gasteiger charge is 2.20. The van der Waals surface area contributed by atoms with Gasteiger partial charge in [0.25, 0.3) is 0 Å². The molecule has 5 nitrogen and oxygen atoms in total. The first kappa shape index (κ1) is 11.3. The Bertz CT molecular complexity index is 457. The van der Waals surface area contributed by atoms with Crippen LogP contribution >= 0.6 is 0 Å². The van der Waals surface area contributed by atoms with E-state index >= 15 is 0 Å². The first-order valence-corrected chi connectivity index (χ1v) is 5.43. The van der Waals surface area contributed by atoms with Gasteiger partial charge in [0.05, 0.1) is 0 Å². The van der Waals surface area contributed by atoms with Gasteiger partial charge in [-0.3, -0.25) is 4.90 Å². The van der Waals surface area contributed by atoms with Gasteiger partial charge in [0, 0.05) is 25.2 Å². The van der Waals surface area contributed by atoms with Crippen LogP contribution in [-0.2, 0) is 0 Å². The van der Waals surface area contributed by atoms with Gasteiger partial charge in [-0.2, -0.15) is 5.26 Å². The summed E-state index contributed by atoms with van der Waals surface area (Å²) >= 11 is 0. The van der Waals surface area contributed by atoms with Crippen LogP contribution < -0.4 is 5.32 Å². The maximum absolute atomic E-state index is 10.7. The summed E-state index contributed by atoms with van der Waals surface area (Å²) in [5.74, 6) is 0.259. The third-order valence-electron chi connectivity index (χ3n) is 2.97. The van der Waals surface area contributed by atoms with E-state index in [0.717, 1.165) is 6.42 Å². The molecule has 0 saturated carbocycles. The van der Waals surface area contributed by atoms with E-state index in [1.165, 1.54) is 10.5 Å². The molecule has 0 aromatic rings. The molecule has 0 radical (unpaired) electrons. The van der Waals surface area contributed by atoms with Crippen molar-refractivity contribution in [2.75, 3.05) is 13.1 Å². The van der Waals surface area contributed by atoms with Crippen LogP contribution in [0.3, 0.4) is 0 Å². The van der Waals surface area contributed by atoms with Crippen LogP contribution in [0.25, 0.3) is 0 Å². The number of amides is 1. The fraction of sp³-hybridized carbons (Fsp3) is 0.333. The van der Waals surface area contributed by atoms with Crippen LogP contribution in [0.5, 0.6) is 0 Å². The zero-order valence-electron chi connectivity index (χ0n) is 9.26. The van der Waals surface area contributed by atoms with Crippen molar-refractivity contribution in [3.05, 3.63) is 35.7 Å². The first-order valence-electron chi connectivity index (χ1n) is 5.43. The second-order valence-electron chi connectivity index (χ2n) is 4.00. The molecule has 2 aliphatic heterocycles. The number of allylic oxidation sites excluding steroid dienone is 4. The smallest absolute Gasteiger partial charge is 0.411 e. The van der Waals surface area contributed by atoms with E-state index in [9.17, 15) is 4.79 Å². The molecule has 1 amide bonds. The van der Waals surface area contributed by atoms with Crippen molar-refractivity contribution in [3.8, 4) is 6.07 Å². The van der Waals surface area contributed by atoms with Crippen molar-refractivity contribution in [2.24, 2.45) is 5.92 Å². The fourth-order valence-electron chi connectivity index (χ4n) is 1.96. The zero-order chi connectivity index (χ0) is 12.3. The molecule has 2 rings (SSSR count). The van der Waals surface area contributed by atoms with Gasteiger partial charge in [-0.15, -0.1) is 0 Å². The van der Waals surface area contributed by atoms with Crippen molar-refractivity contribution in [1.82, 2.24) is 10.2 Å². The first-order chi connectivity index (χ1) is 8.20. The maximum atomic E-state index is 10.7. The molecule has 0 fully saturated rings. The highest BCUT2D eigenvalue weighted by atomic mass is 16.4. The summed E-state index contributed by atoms with van der Waals surface area (Å²) in [4.78, 5) is 12.0. The summed E-state index contributed by atoms with van der Waals surface area (Å²) in [5.41, 5.74) is 1.76. The largest absolute Gasteiger partial charge is 0.465 e. The number of carbonyl (C=O) groups is 1. The maximum Gasteiger partial charge on any atom is 0.411 e. The van der Waals surface area contributed by atoms with Crippen LogP contribution in [0.2, 0.25) is 0 Å². The quantitative estimate of drug-likeness (QED) is 0.715. The second-order valence-corrected chi connectivity index (χ2v) is 4.00. The lowest BCUT2D eigenvalue weighted by Gasteiger charge is -2.27. The highest BCUT2D eigenvalue weighted by molar-refractivity contribution is 5.66. The molecular weight excluding hydrogens is 218 g/mol. The summed E-state index contributed by atoms with van der Waals surface area (Å²) in [6, 6.07) is 2.05. The van der Waals surface area contributed by atoms with Gasteiger partial charge in [-0.25, -0.2) is 4.79 Å². The van der Waals surface area contributed by atoms with Gasteiger partial charge in [-0.05, 0) is 18.1 Å². The van der Waals surface area contributed by atoms with Gasteiger partial charge in [0.1, 0.15) is 11.8 Å². The average Bonchev–Trinajstić information content (AvgIpc) is 2.39. The van der Waals surface area contributed by atoms with E-state index < -0.39 is 6.09 Å². The molecule has 2 N–H and O–H groups in total. The average molecular weight is 231 g/mol. The molecule has 1 unspecified atom stereocenters. The molecule has 0 spiro atoms. The fourth-order valence-corrected chi connectivity index (χ4v) is 1.96. The van der Waals surface area contributed by atoms with E-state index in [2.05, 4.69) is 11.4 Å². The Morgan fingerprint density at radius 3 is 2.88 bits per heavy atom. The minimum atomic E-state index is -0.915. The summed E-state index contributed by atoms with van der Waals surface area (Å²) in [7, 11) is 0. The third-order valence-corrected chi connectivity index (χ3v) is 2.97. The highest BCUT2D eigenvalue weighted by Crippen LogP contribution is 2.23. The zero-order valence-corrected chi connectivity index (χ0v) is 9.26. The van der Waals surface area contributed by atoms with Crippen molar-refractivity contribution in [1.29, 1.82) is 5.26 Å². The van der Waals surface area contributed by atoms with Crippen LogP contribution in [0, 0.1) is 17.2 Å². The number of dihydropyridines is 1. The number of rotatable bonds is 1. The minimum Gasteiger partial charge on any atom is -0.465 e. The van der Waals surface area contributed by atoms with E-state index in [1.54, 1.807) is 12.3 Å². The predicted octanol–water partition coefficient (Wildman–Crippen LogP) is 1.44. The van der Waals surface area contributed by atoms with Gasteiger partial charge < -0.3 is 10.4 Å². The lowest BCUT2D eigenvalue weighted by molar-refractivity contribution is 0.159. The summed E-state index contributed by atoms with van der Waals surface area (Å²) in [6.45, 7) is 1.17. The molecule has 0 saturated heterocycles. The third kappa shape index (κ3) is 2.48. The molecule has 88 valence electrons. The number of nitriles is 1. The second kappa shape index (κ2) is 4.74. The molecule has 0 aromatic heterocycles. The molecule has 2 heterocycles. The topological polar surface area (TPSA) is 76.4 Å². The number of nitrogens with one attached hydrogen (secondary N) is 1. The van der Waals surface area contributed by atoms with E-state index in [4.69, 9.17) is 10.4 Å². The van der Waals surface area contributed by atoms with Gasteiger partial charge in [0.15, 0.2) is 0 Å². The Balaban J connectivity index is 2.05. The summed E-state index contributed by atoms with van der Waals surface area (Å²) in [6.07, 6.45) is 7.09. The van der Waals surface area contributed by atoms with Crippen molar-refractivity contribution < 1.29 is 9.90 Å². The van der Waals surface area contributed by atoms with E-state index in [0.29, 0.717) is 18.8 Å². The molecule has 0 aromatic carbocycles. The molecule has 1 atom stereocenters. The molecule has 2 aliphatic rings. The van der Waals surface area contributed by atoms with Gasteiger partial charge in [0.2, 0.25) is 0 Å². The lowest BCUT2D eigenvalue weighted by atomic mass is 9.91. The van der Waals surface area contributed by atoms with Crippen molar-refractivity contribution in [3.63, 3.8) is 0 Å². The van der Waals surface area contributed by atoms with Crippen LogP contribution in [0.15, 0.2) is 35.7 Å². The van der Waals surface area contributed by atoms with E-state index in [-0.39, 0.29) is 5.92 Å². The number of carboxylic acid groups (broad SMARTS) is 1. The Kier molecular flexibility index (Phi) is 3.15. The summed E-state index contributed by atoms with van der Waals surface area (Å²) < 4.78 is 0. The summed E-state index contributed by atoms with van der Waals surface area (Å²) in [5, 5.41) is 20.5. The monoisotopic (exact) mass is 231 g/mol. The van der Waals surface area contributed by atoms with Crippen LogP contribution in [0.1, 0.15) is 6.42 Å².